The largest absolute Gasteiger partial charge is 0.482 e. The van der Waals surface area contributed by atoms with Crippen molar-refractivity contribution < 1.29 is 27.7 Å². The number of nitro benzene ring substituents is 1. The Morgan fingerprint density at radius 3 is 2.30 bits per heavy atom. The molecule has 3 heterocycles. The molecule has 2 aromatic carbocycles. The number of ether oxygens (including phenoxy) is 1. The van der Waals surface area contributed by atoms with Crippen LogP contribution in [0.15, 0.2) is 47.4 Å². The van der Waals surface area contributed by atoms with E-state index < -0.39 is 20.9 Å². The van der Waals surface area contributed by atoms with Crippen LogP contribution in [0.1, 0.15) is 12.8 Å². The van der Waals surface area contributed by atoms with Crippen LogP contribution < -0.4 is 14.5 Å². The van der Waals surface area contributed by atoms with Crippen LogP contribution in [0.5, 0.6) is 5.75 Å². The number of fused-ring (bicyclic) bond motifs is 1. The molecule has 13 heteroatoms. The second kappa shape index (κ2) is 9.98. The van der Waals surface area contributed by atoms with Crippen LogP contribution in [0.2, 0.25) is 0 Å². The molecular weight excluding hydrogens is 502 g/mol. The fourth-order valence-corrected chi connectivity index (χ4v) is 6.37. The summed E-state index contributed by atoms with van der Waals surface area (Å²) in [5.41, 5.74) is 1.13. The number of non-ortho nitro benzene ring substituents is 1. The molecule has 0 spiro atoms. The molecule has 5 rings (SSSR count). The van der Waals surface area contributed by atoms with Gasteiger partial charge in [-0.25, -0.2) is 8.42 Å². The fraction of sp³-hybridized carbons (Fsp3) is 0.417. The summed E-state index contributed by atoms with van der Waals surface area (Å²) in [6.07, 6.45) is 1.62. The number of hydrogen-bond acceptors (Lipinski definition) is 8. The third kappa shape index (κ3) is 4.96. The van der Waals surface area contributed by atoms with Crippen LogP contribution in [-0.2, 0) is 19.6 Å². The molecule has 37 heavy (non-hydrogen) atoms. The zero-order valence-corrected chi connectivity index (χ0v) is 20.9. The van der Waals surface area contributed by atoms with E-state index >= 15 is 0 Å². The Bertz CT molecular complexity index is 1320. The van der Waals surface area contributed by atoms with E-state index in [-0.39, 0.29) is 35.3 Å². The lowest BCUT2D eigenvalue weighted by Crippen LogP contribution is -2.53. The fourth-order valence-electron chi connectivity index (χ4n) is 4.83. The normalized spacial score (nSPS) is 18.5. The number of piperazine rings is 1. The third-order valence-electron chi connectivity index (χ3n) is 6.93. The molecule has 0 aliphatic carbocycles. The Hall–Kier alpha value is -3.71. The van der Waals surface area contributed by atoms with Gasteiger partial charge in [-0.05, 0) is 43.2 Å². The Kier molecular flexibility index (Phi) is 6.73. The molecule has 2 fully saturated rings. The standard InChI is InChI=1S/C24H27N5O7S/c30-23(26-13-11-25(12-14-26)18-3-5-19(6-4-18)29(32)33)16-28-21-15-20(7-8-22(21)36-17-24(28)31)37(34,35)27-9-1-2-10-27/h3-8,15H,1-2,9-14,16-17H2. The van der Waals surface area contributed by atoms with E-state index in [0.29, 0.717) is 45.0 Å². The molecule has 196 valence electrons. The summed E-state index contributed by atoms with van der Waals surface area (Å²) in [5.74, 6) is -0.311. The van der Waals surface area contributed by atoms with E-state index in [2.05, 4.69) is 0 Å². The highest BCUT2D eigenvalue weighted by molar-refractivity contribution is 7.89. The second-order valence-corrected chi connectivity index (χ2v) is 11.1. The van der Waals surface area contributed by atoms with Gasteiger partial charge in [0.15, 0.2) is 6.61 Å². The van der Waals surface area contributed by atoms with Crippen molar-refractivity contribution in [3.05, 3.63) is 52.6 Å². The number of nitro groups is 1. The molecule has 0 radical (unpaired) electrons. The van der Waals surface area contributed by atoms with Crippen LogP contribution in [-0.4, -0.2) is 86.8 Å². The number of carbonyl (C=O) groups excluding carboxylic acids is 2. The molecule has 3 aliphatic heterocycles. The first-order valence-electron chi connectivity index (χ1n) is 12.1. The van der Waals surface area contributed by atoms with Crippen LogP contribution in [0.25, 0.3) is 0 Å². The summed E-state index contributed by atoms with van der Waals surface area (Å²) < 4.78 is 33.0. The molecule has 0 atom stereocenters. The van der Waals surface area contributed by atoms with Crippen molar-refractivity contribution in [2.45, 2.75) is 17.7 Å². The zero-order chi connectivity index (χ0) is 26.2. The Labute approximate surface area is 214 Å². The van der Waals surface area contributed by atoms with Crippen molar-refractivity contribution in [1.82, 2.24) is 9.21 Å². The van der Waals surface area contributed by atoms with E-state index in [1.54, 1.807) is 17.0 Å². The minimum Gasteiger partial charge on any atom is -0.482 e. The van der Waals surface area contributed by atoms with Crippen LogP contribution in [0, 0.1) is 10.1 Å². The number of rotatable bonds is 6. The lowest BCUT2D eigenvalue weighted by Gasteiger charge is -2.37. The van der Waals surface area contributed by atoms with Gasteiger partial charge >= 0.3 is 0 Å². The summed E-state index contributed by atoms with van der Waals surface area (Å²) in [6, 6.07) is 10.7. The molecule has 3 aliphatic rings. The maximum Gasteiger partial charge on any atom is 0.269 e. The summed E-state index contributed by atoms with van der Waals surface area (Å²) >= 11 is 0. The molecular formula is C24H27N5O7S. The van der Waals surface area contributed by atoms with Crippen molar-refractivity contribution >= 4 is 38.9 Å². The first-order valence-corrected chi connectivity index (χ1v) is 13.5. The van der Waals surface area contributed by atoms with E-state index in [1.165, 1.54) is 39.5 Å². The first-order chi connectivity index (χ1) is 17.7. The van der Waals surface area contributed by atoms with Gasteiger partial charge in [-0.2, -0.15) is 4.31 Å². The third-order valence-corrected chi connectivity index (χ3v) is 8.82. The van der Waals surface area contributed by atoms with Crippen LogP contribution in [0.3, 0.4) is 0 Å². The predicted octanol–water partition coefficient (Wildman–Crippen LogP) is 1.45. The van der Waals surface area contributed by atoms with Crippen LogP contribution >= 0.6 is 0 Å². The van der Waals surface area contributed by atoms with Gasteiger partial charge in [0, 0.05) is 57.1 Å². The van der Waals surface area contributed by atoms with Crippen molar-refractivity contribution in [2.24, 2.45) is 0 Å². The minimum atomic E-state index is -3.70. The predicted molar refractivity (Wildman–Crippen MR) is 134 cm³/mol. The topological polar surface area (TPSA) is 134 Å². The zero-order valence-electron chi connectivity index (χ0n) is 20.1. The van der Waals surface area contributed by atoms with Gasteiger partial charge in [-0.1, -0.05) is 0 Å². The summed E-state index contributed by atoms with van der Waals surface area (Å²) in [4.78, 5) is 41.4. The van der Waals surface area contributed by atoms with E-state index in [0.717, 1.165) is 18.5 Å². The molecule has 0 N–H and O–H groups in total. The average molecular weight is 530 g/mol. The van der Waals surface area contributed by atoms with Gasteiger partial charge in [0.25, 0.3) is 11.6 Å². The molecule has 0 bridgehead atoms. The second-order valence-electron chi connectivity index (χ2n) is 9.15. The van der Waals surface area contributed by atoms with E-state index in [4.69, 9.17) is 4.74 Å². The summed E-state index contributed by atoms with van der Waals surface area (Å²) in [5, 5.41) is 10.9. The number of nitrogens with zero attached hydrogens (tertiary/aromatic N) is 5. The lowest BCUT2D eigenvalue weighted by atomic mass is 10.2. The smallest absolute Gasteiger partial charge is 0.269 e. The number of anilines is 2. The quantitative estimate of drug-likeness (QED) is 0.406. The SMILES string of the molecule is O=C(CN1C(=O)COc2ccc(S(=O)(=O)N3CCCC3)cc21)N1CCN(c2ccc([N+](=O)[O-])cc2)CC1. The number of sulfonamides is 1. The monoisotopic (exact) mass is 529 g/mol. The van der Waals surface area contributed by atoms with Crippen molar-refractivity contribution in [3.63, 3.8) is 0 Å². The lowest BCUT2D eigenvalue weighted by molar-refractivity contribution is -0.384. The molecule has 0 saturated carbocycles. The van der Waals surface area contributed by atoms with Gasteiger partial charge in [0.05, 0.1) is 15.5 Å². The maximum absolute atomic E-state index is 13.1. The number of hydrogen-bond donors (Lipinski definition) is 0. The summed E-state index contributed by atoms with van der Waals surface area (Å²) in [6.45, 7) is 2.39. The van der Waals surface area contributed by atoms with Gasteiger partial charge in [0.2, 0.25) is 15.9 Å². The highest BCUT2D eigenvalue weighted by atomic mass is 32.2. The minimum absolute atomic E-state index is 0.0180. The number of amides is 2. The average Bonchev–Trinajstić information content (AvgIpc) is 3.46. The maximum atomic E-state index is 13.1. The first kappa shape index (κ1) is 25.0. The molecule has 2 saturated heterocycles. The van der Waals surface area contributed by atoms with Gasteiger partial charge < -0.3 is 14.5 Å². The van der Waals surface area contributed by atoms with Crippen molar-refractivity contribution in [1.29, 1.82) is 0 Å². The van der Waals surface area contributed by atoms with Gasteiger partial charge in [-0.15, -0.1) is 0 Å². The van der Waals surface area contributed by atoms with Crippen LogP contribution in [0.4, 0.5) is 17.1 Å². The van der Waals surface area contributed by atoms with Crippen molar-refractivity contribution in [2.75, 3.05) is 62.2 Å². The van der Waals surface area contributed by atoms with Crippen molar-refractivity contribution in [3.8, 4) is 5.75 Å². The van der Waals surface area contributed by atoms with Gasteiger partial charge in [-0.3, -0.25) is 24.6 Å². The Morgan fingerprint density at radius 2 is 1.65 bits per heavy atom. The van der Waals surface area contributed by atoms with E-state index in [9.17, 15) is 28.1 Å². The summed E-state index contributed by atoms with van der Waals surface area (Å²) in [7, 11) is -3.70. The highest BCUT2D eigenvalue weighted by Gasteiger charge is 2.33. The Morgan fingerprint density at radius 1 is 0.973 bits per heavy atom. The molecule has 0 aromatic heterocycles. The molecule has 0 unspecified atom stereocenters. The molecule has 2 amide bonds. The number of carbonyl (C=O) groups is 2. The van der Waals surface area contributed by atoms with Gasteiger partial charge in [0.1, 0.15) is 12.3 Å². The number of benzene rings is 2. The highest BCUT2D eigenvalue weighted by Crippen LogP contribution is 2.35. The molecule has 2 aromatic rings. The van der Waals surface area contributed by atoms with E-state index in [1.807, 2.05) is 4.90 Å². The molecule has 12 nitrogen and oxygen atoms in total. The Balaban J connectivity index is 1.27.